The van der Waals surface area contributed by atoms with Crippen LogP contribution in [0, 0.1) is 5.82 Å². The summed E-state index contributed by atoms with van der Waals surface area (Å²) < 4.78 is 20.0. The number of hydrogen-bond acceptors (Lipinski definition) is 6. The van der Waals surface area contributed by atoms with Crippen molar-refractivity contribution < 1.29 is 9.13 Å². The topological polar surface area (TPSA) is 102 Å². The average molecular weight is 336 g/mol. The number of rotatable bonds is 4. The molecule has 0 saturated heterocycles. The molecule has 2 aromatic carbocycles. The molecule has 4 N–H and O–H groups in total. The maximum absolute atomic E-state index is 14.3. The smallest absolute Gasteiger partial charge is 0.221 e. The molecule has 0 unspecified atom stereocenters. The van der Waals surface area contributed by atoms with Gasteiger partial charge in [-0.05, 0) is 36.4 Å². The Morgan fingerprint density at radius 2 is 2.04 bits per heavy atom. The summed E-state index contributed by atoms with van der Waals surface area (Å²) in [6, 6.07) is 11.5. The van der Waals surface area contributed by atoms with Gasteiger partial charge in [-0.1, -0.05) is 0 Å². The van der Waals surface area contributed by atoms with Crippen molar-refractivity contribution in [2.75, 3.05) is 11.1 Å². The molecule has 124 valence electrons. The summed E-state index contributed by atoms with van der Waals surface area (Å²) in [5.41, 5.74) is 6.93. The lowest BCUT2D eigenvalue weighted by atomic mass is 10.2. The monoisotopic (exact) mass is 336 g/mol. The number of hydrogen-bond donors (Lipinski definition) is 3. The number of ether oxygens (including phenoxy) is 1. The van der Waals surface area contributed by atoms with Crippen LogP contribution in [0.25, 0.3) is 10.9 Å². The Labute approximate surface area is 141 Å². The first-order chi connectivity index (χ1) is 12.2. The summed E-state index contributed by atoms with van der Waals surface area (Å²) >= 11 is 0. The van der Waals surface area contributed by atoms with Crippen LogP contribution < -0.4 is 15.8 Å². The maximum Gasteiger partial charge on any atom is 0.221 e. The molecule has 0 saturated carbocycles. The Morgan fingerprint density at radius 1 is 1.12 bits per heavy atom. The molecule has 25 heavy (non-hydrogen) atoms. The van der Waals surface area contributed by atoms with Crippen LogP contribution in [0.2, 0.25) is 0 Å². The van der Waals surface area contributed by atoms with E-state index >= 15 is 0 Å². The number of anilines is 3. The van der Waals surface area contributed by atoms with Crippen molar-refractivity contribution in [1.29, 1.82) is 0 Å². The van der Waals surface area contributed by atoms with E-state index in [9.17, 15) is 4.39 Å². The number of halogens is 1. The molecule has 2 heterocycles. The van der Waals surface area contributed by atoms with Crippen LogP contribution in [0.4, 0.5) is 21.8 Å². The van der Waals surface area contributed by atoms with Gasteiger partial charge in [-0.2, -0.15) is 10.1 Å². The van der Waals surface area contributed by atoms with Crippen LogP contribution >= 0.6 is 0 Å². The fourth-order valence-electron chi connectivity index (χ4n) is 2.36. The van der Waals surface area contributed by atoms with E-state index in [1.807, 2.05) is 6.07 Å². The Morgan fingerprint density at radius 3 is 2.88 bits per heavy atom. The van der Waals surface area contributed by atoms with Crippen molar-refractivity contribution in [1.82, 2.24) is 20.2 Å². The van der Waals surface area contributed by atoms with Crippen molar-refractivity contribution in [2.24, 2.45) is 0 Å². The SMILES string of the molecule is Nc1nccc(Nc2ccc(Oc3ccc4[nH]ncc4c3)c(F)c2)n1. The van der Waals surface area contributed by atoms with E-state index in [2.05, 4.69) is 25.5 Å². The zero-order valence-electron chi connectivity index (χ0n) is 12.9. The lowest BCUT2D eigenvalue weighted by Crippen LogP contribution is -1.99. The number of nitrogens with one attached hydrogen (secondary N) is 2. The predicted molar refractivity (Wildman–Crippen MR) is 92.3 cm³/mol. The molecule has 0 amide bonds. The van der Waals surface area contributed by atoms with Gasteiger partial charge in [0.05, 0.1) is 11.7 Å². The summed E-state index contributed by atoms with van der Waals surface area (Å²) in [7, 11) is 0. The van der Waals surface area contributed by atoms with Gasteiger partial charge in [0.15, 0.2) is 11.6 Å². The summed E-state index contributed by atoms with van der Waals surface area (Å²) in [4.78, 5) is 7.81. The first-order valence-corrected chi connectivity index (χ1v) is 7.43. The van der Waals surface area contributed by atoms with E-state index in [1.54, 1.807) is 36.5 Å². The van der Waals surface area contributed by atoms with Gasteiger partial charge in [0, 0.05) is 23.3 Å². The highest BCUT2D eigenvalue weighted by Crippen LogP contribution is 2.29. The number of benzene rings is 2. The van der Waals surface area contributed by atoms with Gasteiger partial charge in [0.1, 0.15) is 11.6 Å². The largest absolute Gasteiger partial charge is 0.454 e. The molecule has 4 rings (SSSR count). The summed E-state index contributed by atoms with van der Waals surface area (Å²) in [6.45, 7) is 0. The van der Waals surface area contributed by atoms with Crippen molar-refractivity contribution in [3.05, 3.63) is 60.7 Å². The second-order valence-corrected chi connectivity index (χ2v) is 5.29. The zero-order chi connectivity index (χ0) is 17.2. The molecule has 0 aliphatic carbocycles. The van der Waals surface area contributed by atoms with Gasteiger partial charge in [0.25, 0.3) is 0 Å². The van der Waals surface area contributed by atoms with Crippen LogP contribution in [-0.2, 0) is 0 Å². The third-order valence-corrected chi connectivity index (χ3v) is 3.52. The maximum atomic E-state index is 14.3. The molecule has 8 heteroatoms. The molecule has 2 aromatic heterocycles. The van der Waals surface area contributed by atoms with Gasteiger partial charge in [-0.15, -0.1) is 0 Å². The van der Waals surface area contributed by atoms with Crippen molar-refractivity contribution in [3.63, 3.8) is 0 Å². The third kappa shape index (κ3) is 3.18. The number of aromatic nitrogens is 4. The van der Waals surface area contributed by atoms with Gasteiger partial charge >= 0.3 is 0 Å². The van der Waals surface area contributed by atoms with E-state index in [-0.39, 0.29) is 11.7 Å². The van der Waals surface area contributed by atoms with E-state index in [0.717, 1.165) is 10.9 Å². The Bertz CT molecular complexity index is 1050. The number of aromatic amines is 1. The Balaban J connectivity index is 1.54. The quantitative estimate of drug-likeness (QED) is 0.526. The first-order valence-electron chi connectivity index (χ1n) is 7.43. The Kier molecular flexibility index (Phi) is 3.62. The fraction of sp³-hybridized carbons (Fsp3) is 0. The van der Waals surface area contributed by atoms with Gasteiger partial charge in [-0.25, -0.2) is 9.37 Å². The number of nitrogen functional groups attached to an aromatic ring is 1. The van der Waals surface area contributed by atoms with Gasteiger partial charge in [0.2, 0.25) is 5.95 Å². The number of nitrogens with two attached hydrogens (primary N) is 1. The van der Waals surface area contributed by atoms with E-state index < -0.39 is 5.82 Å². The normalized spacial score (nSPS) is 10.8. The summed E-state index contributed by atoms with van der Waals surface area (Å²) in [5.74, 6) is 0.762. The van der Waals surface area contributed by atoms with Crippen LogP contribution in [0.5, 0.6) is 11.5 Å². The van der Waals surface area contributed by atoms with Crippen molar-refractivity contribution >= 4 is 28.4 Å². The third-order valence-electron chi connectivity index (χ3n) is 3.52. The highest BCUT2D eigenvalue weighted by atomic mass is 19.1. The van der Waals surface area contributed by atoms with Crippen LogP contribution in [0.1, 0.15) is 0 Å². The second-order valence-electron chi connectivity index (χ2n) is 5.29. The molecule has 7 nitrogen and oxygen atoms in total. The molecule has 0 aliphatic rings. The molecule has 0 spiro atoms. The lowest BCUT2D eigenvalue weighted by Gasteiger charge is -2.10. The molecular formula is C17H13FN6O. The Hall–Kier alpha value is -3.68. The van der Waals surface area contributed by atoms with Crippen molar-refractivity contribution in [3.8, 4) is 11.5 Å². The predicted octanol–water partition coefficient (Wildman–Crippen LogP) is 3.61. The zero-order valence-corrected chi connectivity index (χ0v) is 12.9. The molecule has 0 radical (unpaired) electrons. The van der Waals surface area contributed by atoms with Crippen molar-refractivity contribution in [2.45, 2.75) is 0 Å². The number of H-pyrrole nitrogens is 1. The van der Waals surface area contributed by atoms with E-state index in [4.69, 9.17) is 10.5 Å². The molecule has 0 bridgehead atoms. The standard InChI is InChI=1S/C17H13FN6O/c18-13-8-11(22-16-5-6-20-17(19)23-16)1-4-15(13)25-12-2-3-14-10(7-12)9-21-24-14/h1-9H,(H,21,24)(H3,19,20,22,23). The van der Waals surface area contributed by atoms with Gasteiger partial charge in [-0.3, -0.25) is 5.10 Å². The van der Waals surface area contributed by atoms with E-state index in [0.29, 0.717) is 17.3 Å². The summed E-state index contributed by atoms with van der Waals surface area (Å²) in [6.07, 6.45) is 3.20. The molecule has 0 aliphatic heterocycles. The first kappa shape index (κ1) is 14.9. The highest BCUT2D eigenvalue weighted by Gasteiger charge is 2.08. The van der Waals surface area contributed by atoms with Crippen LogP contribution in [-0.4, -0.2) is 20.2 Å². The minimum atomic E-state index is -0.501. The molecule has 0 atom stereocenters. The molecular weight excluding hydrogens is 323 g/mol. The van der Waals surface area contributed by atoms with Crippen LogP contribution in [0.3, 0.4) is 0 Å². The number of fused-ring (bicyclic) bond motifs is 1. The fourth-order valence-corrected chi connectivity index (χ4v) is 2.36. The highest BCUT2D eigenvalue weighted by molar-refractivity contribution is 5.79. The molecule has 0 fully saturated rings. The number of nitrogens with zero attached hydrogens (tertiary/aromatic N) is 3. The lowest BCUT2D eigenvalue weighted by molar-refractivity contribution is 0.443. The summed E-state index contributed by atoms with van der Waals surface area (Å²) in [5, 5.41) is 10.6. The van der Waals surface area contributed by atoms with Crippen LogP contribution in [0.15, 0.2) is 54.9 Å². The average Bonchev–Trinajstić information content (AvgIpc) is 3.05. The minimum absolute atomic E-state index is 0.121. The van der Waals surface area contributed by atoms with Gasteiger partial charge < -0.3 is 15.8 Å². The molecule has 4 aromatic rings. The minimum Gasteiger partial charge on any atom is -0.454 e. The van der Waals surface area contributed by atoms with E-state index in [1.165, 1.54) is 12.3 Å². The second kappa shape index (κ2) is 6.08.